The fourth-order valence-corrected chi connectivity index (χ4v) is 4.31. The first-order valence-corrected chi connectivity index (χ1v) is 11.7. The topological polar surface area (TPSA) is 62.4 Å². The number of benzene rings is 2. The van der Waals surface area contributed by atoms with Crippen molar-refractivity contribution >= 4 is 27.0 Å². The van der Waals surface area contributed by atoms with E-state index >= 15 is 0 Å². The average molecular weight is 483 g/mol. The van der Waals surface area contributed by atoms with E-state index < -0.39 is 21.6 Å². The Bertz CT molecular complexity index is 1330. The SMILES string of the molecule is CN1C=C(c2cc(S(C)(=O)=O)ccc2Oc2cc(C(F)(F)F)ccc2Cl)c2cc[nH]c2C1. The van der Waals surface area contributed by atoms with Crippen molar-refractivity contribution in [3.8, 4) is 11.5 Å². The van der Waals surface area contributed by atoms with E-state index in [1.807, 2.05) is 24.2 Å². The molecule has 0 spiro atoms. The molecule has 2 aromatic carbocycles. The number of ether oxygens (including phenoxy) is 1. The monoisotopic (exact) mass is 482 g/mol. The van der Waals surface area contributed by atoms with Crippen molar-refractivity contribution in [3.05, 3.63) is 82.3 Å². The molecule has 3 aromatic rings. The van der Waals surface area contributed by atoms with Crippen molar-refractivity contribution in [2.24, 2.45) is 0 Å². The Morgan fingerprint density at radius 3 is 2.50 bits per heavy atom. The molecule has 0 aliphatic carbocycles. The van der Waals surface area contributed by atoms with E-state index in [9.17, 15) is 21.6 Å². The third-order valence-electron chi connectivity index (χ3n) is 5.03. The summed E-state index contributed by atoms with van der Waals surface area (Å²) in [7, 11) is -1.69. The molecule has 32 heavy (non-hydrogen) atoms. The van der Waals surface area contributed by atoms with E-state index in [4.69, 9.17) is 16.3 Å². The standard InChI is InChI=1S/C22H18ClF3N2O3S/c1-28-11-17(15-7-8-27-19(15)12-28)16-10-14(32(2,29)30)4-6-20(16)31-21-9-13(22(24,25)26)3-5-18(21)23/h3-11,27H,12H2,1-2H3. The Labute approximate surface area is 188 Å². The average Bonchev–Trinajstić information content (AvgIpc) is 3.16. The summed E-state index contributed by atoms with van der Waals surface area (Å²) >= 11 is 6.11. The second kappa shape index (κ2) is 7.90. The molecule has 1 aliphatic rings. The predicted octanol–water partition coefficient (Wildman–Crippen LogP) is 5.72. The van der Waals surface area contributed by atoms with Gasteiger partial charge in [-0.1, -0.05) is 11.6 Å². The highest BCUT2D eigenvalue weighted by Crippen LogP contribution is 2.41. The molecule has 0 atom stereocenters. The highest BCUT2D eigenvalue weighted by atomic mass is 35.5. The van der Waals surface area contributed by atoms with Crippen LogP contribution in [0.2, 0.25) is 5.02 Å². The summed E-state index contributed by atoms with van der Waals surface area (Å²) in [6.45, 7) is 0.618. The van der Waals surface area contributed by atoms with Gasteiger partial charge in [0.2, 0.25) is 0 Å². The van der Waals surface area contributed by atoms with Gasteiger partial charge in [-0.2, -0.15) is 13.2 Å². The van der Waals surface area contributed by atoms with Gasteiger partial charge in [0.25, 0.3) is 0 Å². The molecule has 1 N–H and O–H groups in total. The zero-order valence-electron chi connectivity index (χ0n) is 17.0. The van der Waals surface area contributed by atoms with Gasteiger partial charge in [-0.15, -0.1) is 0 Å². The van der Waals surface area contributed by atoms with Gasteiger partial charge in [0.1, 0.15) is 11.5 Å². The van der Waals surface area contributed by atoms with Crippen molar-refractivity contribution in [1.29, 1.82) is 0 Å². The maximum Gasteiger partial charge on any atom is 0.416 e. The van der Waals surface area contributed by atoms with E-state index in [0.717, 1.165) is 35.7 Å². The molecule has 0 saturated heterocycles. The minimum absolute atomic E-state index is 0.00628. The number of aromatic nitrogens is 1. The van der Waals surface area contributed by atoms with Crippen molar-refractivity contribution in [2.75, 3.05) is 13.3 Å². The number of alkyl halides is 3. The van der Waals surface area contributed by atoms with Crippen LogP contribution >= 0.6 is 11.6 Å². The Morgan fingerprint density at radius 1 is 1.06 bits per heavy atom. The molecule has 1 aromatic heterocycles. The number of nitrogens with zero attached hydrogens (tertiary/aromatic N) is 1. The van der Waals surface area contributed by atoms with E-state index in [0.29, 0.717) is 17.7 Å². The Balaban J connectivity index is 1.88. The number of rotatable bonds is 4. The van der Waals surface area contributed by atoms with Crippen LogP contribution in [0.25, 0.3) is 5.57 Å². The molecule has 5 nitrogen and oxygen atoms in total. The number of hydrogen-bond donors (Lipinski definition) is 1. The van der Waals surface area contributed by atoms with Gasteiger partial charge in [-0.05, 0) is 42.5 Å². The van der Waals surface area contributed by atoms with Crippen LogP contribution in [0.3, 0.4) is 0 Å². The summed E-state index contributed by atoms with van der Waals surface area (Å²) in [6.07, 6.45) is 0.111. The maximum atomic E-state index is 13.2. The molecule has 168 valence electrons. The molecule has 0 amide bonds. The Morgan fingerprint density at radius 2 is 1.81 bits per heavy atom. The lowest BCUT2D eigenvalue weighted by molar-refractivity contribution is -0.137. The van der Waals surface area contributed by atoms with Crippen molar-refractivity contribution in [3.63, 3.8) is 0 Å². The van der Waals surface area contributed by atoms with Gasteiger partial charge in [-0.3, -0.25) is 0 Å². The third-order valence-corrected chi connectivity index (χ3v) is 6.45. The molecule has 1 aliphatic heterocycles. The van der Waals surface area contributed by atoms with Crippen LogP contribution < -0.4 is 4.74 Å². The first-order valence-electron chi connectivity index (χ1n) is 9.41. The molecule has 0 bridgehead atoms. The predicted molar refractivity (Wildman–Crippen MR) is 115 cm³/mol. The largest absolute Gasteiger partial charge is 0.455 e. The zero-order valence-corrected chi connectivity index (χ0v) is 18.6. The van der Waals surface area contributed by atoms with E-state index in [2.05, 4.69) is 4.98 Å². The molecule has 0 unspecified atom stereocenters. The minimum atomic E-state index is -4.57. The quantitative estimate of drug-likeness (QED) is 0.517. The molecule has 0 fully saturated rings. The van der Waals surface area contributed by atoms with Gasteiger partial charge in [0, 0.05) is 48.1 Å². The Hall–Kier alpha value is -2.91. The van der Waals surface area contributed by atoms with Gasteiger partial charge in [0.05, 0.1) is 22.0 Å². The first-order chi connectivity index (χ1) is 14.9. The van der Waals surface area contributed by atoms with E-state index in [1.165, 1.54) is 18.2 Å². The smallest absolute Gasteiger partial charge is 0.416 e. The summed E-state index contributed by atoms with van der Waals surface area (Å²) in [6, 6.07) is 8.87. The second-order valence-electron chi connectivity index (χ2n) is 7.50. The summed E-state index contributed by atoms with van der Waals surface area (Å²) in [5.41, 5.74) is 1.93. The second-order valence-corrected chi connectivity index (χ2v) is 9.93. The van der Waals surface area contributed by atoms with Crippen molar-refractivity contribution < 1.29 is 26.3 Å². The zero-order chi connectivity index (χ0) is 23.3. The normalized spacial score (nSPS) is 14.2. The number of halogens is 4. The van der Waals surface area contributed by atoms with Gasteiger partial charge < -0.3 is 14.6 Å². The number of nitrogens with one attached hydrogen (secondary N) is 1. The summed E-state index contributed by atoms with van der Waals surface area (Å²) in [5, 5.41) is -0.00628. The number of sulfone groups is 1. The molecule has 0 radical (unpaired) electrons. The lowest BCUT2D eigenvalue weighted by Crippen LogP contribution is -2.17. The number of H-pyrrole nitrogens is 1. The van der Waals surface area contributed by atoms with Crippen molar-refractivity contribution in [1.82, 2.24) is 9.88 Å². The third kappa shape index (κ3) is 4.35. The number of fused-ring (bicyclic) bond motifs is 1. The molecular formula is C22H18ClF3N2O3S. The highest BCUT2D eigenvalue weighted by molar-refractivity contribution is 7.90. The molecule has 4 rings (SSSR count). The number of aromatic amines is 1. The van der Waals surface area contributed by atoms with Gasteiger partial charge >= 0.3 is 6.18 Å². The van der Waals surface area contributed by atoms with Crippen LogP contribution in [0, 0.1) is 0 Å². The van der Waals surface area contributed by atoms with Crippen LogP contribution in [-0.2, 0) is 22.6 Å². The van der Waals surface area contributed by atoms with Crippen LogP contribution in [0.5, 0.6) is 11.5 Å². The van der Waals surface area contributed by atoms with Gasteiger partial charge in [0.15, 0.2) is 9.84 Å². The lowest BCUT2D eigenvalue weighted by Gasteiger charge is -2.25. The summed E-state index contributed by atoms with van der Waals surface area (Å²) in [4.78, 5) is 5.11. The highest BCUT2D eigenvalue weighted by Gasteiger charge is 2.31. The van der Waals surface area contributed by atoms with E-state index in [1.54, 1.807) is 6.20 Å². The molecule has 2 heterocycles. The van der Waals surface area contributed by atoms with Crippen LogP contribution in [0.4, 0.5) is 13.2 Å². The lowest BCUT2D eigenvalue weighted by atomic mass is 9.95. The Kier molecular flexibility index (Phi) is 5.50. The fourth-order valence-electron chi connectivity index (χ4n) is 3.50. The van der Waals surface area contributed by atoms with E-state index in [-0.39, 0.29) is 21.4 Å². The van der Waals surface area contributed by atoms with Crippen LogP contribution in [0.1, 0.15) is 22.4 Å². The fraction of sp³-hybridized carbons (Fsp3) is 0.182. The van der Waals surface area contributed by atoms with Crippen LogP contribution in [-0.4, -0.2) is 31.6 Å². The van der Waals surface area contributed by atoms with Crippen molar-refractivity contribution in [2.45, 2.75) is 17.6 Å². The number of hydrogen-bond acceptors (Lipinski definition) is 4. The van der Waals surface area contributed by atoms with Crippen LogP contribution in [0.15, 0.2) is 59.8 Å². The minimum Gasteiger partial charge on any atom is -0.455 e. The molecule has 10 heteroatoms. The maximum absolute atomic E-state index is 13.2. The molecular weight excluding hydrogens is 465 g/mol. The summed E-state index contributed by atoms with van der Waals surface area (Å²) < 4.78 is 69.7. The van der Waals surface area contributed by atoms with Gasteiger partial charge in [-0.25, -0.2) is 8.42 Å². The molecule has 0 saturated carbocycles. The first kappa shape index (κ1) is 22.3. The summed E-state index contributed by atoms with van der Waals surface area (Å²) in [5.74, 6) is -0.0128.